The van der Waals surface area contributed by atoms with E-state index < -0.39 is 8.32 Å². The van der Waals surface area contributed by atoms with E-state index in [9.17, 15) is 4.80 Å². The summed E-state index contributed by atoms with van der Waals surface area (Å²) in [6.45, 7) is 7.76. The maximum Gasteiger partial charge on any atom is 0.212 e. The Labute approximate surface area is 58.5 Å². The first-order valence-corrected chi connectivity index (χ1v) is 5.98. The zero-order valence-corrected chi connectivity index (χ0v) is 7.35. The van der Waals surface area contributed by atoms with Crippen molar-refractivity contribution >= 4 is 8.32 Å². The van der Waals surface area contributed by atoms with Gasteiger partial charge in [-0.05, 0) is 12.1 Å². The molecule has 1 unspecified atom stereocenters. The summed E-state index contributed by atoms with van der Waals surface area (Å²) in [5.41, 5.74) is 1.77. The predicted octanol–water partition coefficient (Wildman–Crippen LogP) is 2.08. The van der Waals surface area contributed by atoms with Crippen molar-refractivity contribution in [2.75, 3.05) is 0 Å². The molecule has 0 spiro atoms. The van der Waals surface area contributed by atoms with Gasteiger partial charge in [0.15, 0.2) is 0 Å². The summed E-state index contributed by atoms with van der Waals surface area (Å²) in [5.74, 6) is 0. The Morgan fingerprint density at radius 3 is 2.22 bits per heavy atom. The first-order valence-electron chi connectivity index (χ1n) is 3.54. The topological polar surface area (TPSA) is 20.2 Å². The fourth-order valence-corrected chi connectivity index (χ4v) is 2.57. The van der Waals surface area contributed by atoms with Gasteiger partial charge >= 0.3 is 0 Å². The third-order valence-corrected chi connectivity index (χ3v) is 5.03. The Kier molecular flexibility index (Phi) is 3.82. The van der Waals surface area contributed by atoms with E-state index in [2.05, 4.69) is 13.5 Å². The molecule has 0 aliphatic heterocycles. The van der Waals surface area contributed by atoms with Crippen molar-refractivity contribution in [2.45, 2.75) is 32.4 Å². The highest BCUT2D eigenvalue weighted by Gasteiger charge is 2.22. The molecule has 0 amide bonds. The molecule has 0 aromatic rings. The summed E-state index contributed by atoms with van der Waals surface area (Å²) in [5, 5.41) is 0. The highest BCUT2D eigenvalue weighted by molar-refractivity contribution is 6.77. The van der Waals surface area contributed by atoms with Crippen LogP contribution in [0.1, 0.15) is 20.3 Å². The molecule has 0 bridgehead atoms. The molecular weight excluding hydrogens is 128 g/mol. The van der Waals surface area contributed by atoms with Crippen molar-refractivity contribution in [1.82, 2.24) is 0 Å². The van der Waals surface area contributed by atoms with Crippen LogP contribution in [0.2, 0.25) is 12.1 Å². The van der Waals surface area contributed by atoms with Crippen molar-refractivity contribution < 1.29 is 4.80 Å². The van der Waals surface area contributed by atoms with Crippen LogP contribution >= 0.6 is 0 Å². The minimum absolute atomic E-state index is 0.907. The van der Waals surface area contributed by atoms with Gasteiger partial charge in [-0.15, -0.1) is 6.58 Å². The fourth-order valence-electron chi connectivity index (χ4n) is 0.856. The molecule has 54 valence electrons. The van der Waals surface area contributed by atoms with Gasteiger partial charge in [-0.25, -0.2) is 0 Å². The summed E-state index contributed by atoms with van der Waals surface area (Å²) >= 11 is 0. The molecule has 0 fully saturated rings. The summed E-state index contributed by atoms with van der Waals surface area (Å²) in [4.78, 5) is 9.65. The summed E-state index contributed by atoms with van der Waals surface area (Å²) in [7, 11) is -1.93. The lowest BCUT2D eigenvalue weighted by Gasteiger charge is -2.16. The fraction of sp³-hybridized carbons (Fsp3) is 0.714. The van der Waals surface area contributed by atoms with Gasteiger partial charge in [-0.3, -0.25) is 0 Å². The second-order valence-corrected chi connectivity index (χ2v) is 6.23. The molecule has 0 aliphatic carbocycles. The Hall–Kier alpha value is -0.0831. The van der Waals surface area contributed by atoms with Crippen molar-refractivity contribution in [1.29, 1.82) is 0 Å². The summed E-state index contributed by atoms with van der Waals surface area (Å²) in [6.07, 6.45) is 1.07. The average Bonchev–Trinajstić information content (AvgIpc) is 1.89. The van der Waals surface area contributed by atoms with Gasteiger partial charge in [-0.2, -0.15) is 0 Å². The average molecular weight is 144 g/mol. The largest absolute Gasteiger partial charge is 0.428 e. The van der Waals surface area contributed by atoms with Gasteiger partial charge in [0.05, 0.1) is 0 Å². The zero-order chi connectivity index (χ0) is 7.33. The van der Waals surface area contributed by atoms with E-state index in [1.54, 1.807) is 5.70 Å². The van der Waals surface area contributed by atoms with Gasteiger partial charge in [-0.1, -0.05) is 26.0 Å². The third kappa shape index (κ3) is 2.82. The first kappa shape index (κ1) is 8.92. The number of hydrogen-bond acceptors (Lipinski definition) is 1. The quantitative estimate of drug-likeness (QED) is 0.599. The lowest BCUT2D eigenvalue weighted by molar-refractivity contribution is 0.544. The molecule has 0 saturated carbocycles. The van der Waals surface area contributed by atoms with Crippen molar-refractivity contribution in [2.24, 2.45) is 0 Å². The lowest BCUT2D eigenvalue weighted by Crippen LogP contribution is -2.29. The third-order valence-electron chi connectivity index (χ3n) is 1.68. The highest BCUT2D eigenvalue weighted by atomic mass is 28.4. The molecule has 0 saturated heterocycles. The monoisotopic (exact) mass is 144 g/mol. The Bertz CT molecular complexity index is 92.9. The van der Waals surface area contributed by atoms with E-state index >= 15 is 0 Å². The maximum absolute atomic E-state index is 9.65. The first-order chi connectivity index (χ1) is 4.18. The molecule has 0 aromatic heterocycles. The van der Waals surface area contributed by atoms with Gasteiger partial charge < -0.3 is 4.80 Å². The molecule has 0 radical (unpaired) electrons. The van der Waals surface area contributed by atoms with Crippen LogP contribution in [0, 0.1) is 0 Å². The molecule has 2 heteroatoms. The molecule has 0 heterocycles. The lowest BCUT2D eigenvalue weighted by atomic mass is 10.6. The Morgan fingerprint density at radius 2 is 2.11 bits per heavy atom. The van der Waals surface area contributed by atoms with E-state index in [1.807, 2.05) is 6.92 Å². The molecule has 0 aliphatic rings. The van der Waals surface area contributed by atoms with Crippen LogP contribution in [-0.2, 0) is 0 Å². The van der Waals surface area contributed by atoms with Crippen LogP contribution in [0.25, 0.3) is 0 Å². The smallest absolute Gasteiger partial charge is 0.212 e. The van der Waals surface area contributed by atoms with Crippen LogP contribution in [-0.4, -0.2) is 13.1 Å². The van der Waals surface area contributed by atoms with E-state index in [1.165, 1.54) is 0 Å². The van der Waals surface area contributed by atoms with Crippen LogP contribution in [0.4, 0.5) is 0 Å². The van der Waals surface area contributed by atoms with Crippen molar-refractivity contribution in [3.05, 3.63) is 12.3 Å². The second kappa shape index (κ2) is 3.85. The molecule has 1 N–H and O–H groups in total. The van der Waals surface area contributed by atoms with Crippen molar-refractivity contribution in [3.63, 3.8) is 0 Å². The van der Waals surface area contributed by atoms with Crippen LogP contribution in [0.3, 0.4) is 0 Å². The minimum Gasteiger partial charge on any atom is -0.428 e. The van der Waals surface area contributed by atoms with Gasteiger partial charge in [0.25, 0.3) is 0 Å². The molecule has 1 nitrogen and oxygen atoms in total. The van der Waals surface area contributed by atoms with E-state index in [0.29, 0.717) is 0 Å². The van der Waals surface area contributed by atoms with Crippen LogP contribution < -0.4 is 0 Å². The Morgan fingerprint density at radius 1 is 1.56 bits per heavy atom. The maximum atomic E-state index is 9.65. The van der Waals surface area contributed by atoms with Gasteiger partial charge in [0, 0.05) is 0 Å². The van der Waals surface area contributed by atoms with E-state index in [-0.39, 0.29) is 0 Å². The standard InChI is InChI=1S/C7H16OSi/c1-4-7-9(8,5-2)6-3/h5,8H,2,4,6-7H2,1,3H3. The predicted molar refractivity (Wildman–Crippen MR) is 43.7 cm³/mol. The van der Waals surface area contributed by atoms with E-state index in [0.717, 1.165) is 18.5 Å². The van der Waals surface area contributed by atoms with Crippen LogP contribution in [0.5, 0.6) is 0 Å². The zero-order valence-electron chi connectivity index (χ0n) is 6.35. The number of hydrogen-bond donors (Lipinski definition) is 1. The minimum atomic E-state index is -1.93. The highest BCUT2D eigenvalue weighted by Crippen LogP contribution is 2.13. The summed E-state index contributed by atoms with van der Waals surface area (Å²) in [6, 6.07) is 1.87. The van der Waals surface area contributed by atoms with Gasteiger partial charge in [0.2, 0.25) is 8.32 Å². The molecule has 9 heavy (non-hydrogen) atoms. The van der Waals surface area contributed by atoms with Crippen molar-refractivity contribution in [3.8, 4) is 0 Å². The van der Waals surface area contributed by atoms with Gasteiger partial charge in [0.1, 0.15) is 0 Å². The summed E-state index contributed by atoms with van der Waals surface area (Å²) < 4.78 is 0. The Balaban J connectivity index is 3.76. The molecule has 1 atom stereocenters. The number of rotatable bonds is 4. The second-order valence-electron chi connectivity index (χ2n) is 2.41. The SMILES string of the molecule is C=C[Si](O)(CC)CCC. The normalized spacial score (nSPS) is 16.8. The van der Waals surface area contributed by atoms with E-state index in [4.69, 9.17) is 0 Å². The molecule has 0 aromatic carbocycles. The van der Waals surface area contributed by atoms with Crippen LogP contribution in [0.15, 0.2) is 12.3 Å². The molecule has 0 rings (SSSR count). The molecular formula is C7H16OSi.